The van der Waals surface area contributed by atoms with E-state index in [0.717, 1.165) is 16.9 Å². The largest absolute Gasteiger partial charge is 0.334 e. The Balaban J connectivity index is 1.55. The first-order chi connectivity index (χ1) is 10.8. The van der Waals surface area contributed by atoms with Gasteiger partial charge in [-0.3, -0.25) is 0 Å². The van der Waals surface area contributed by atoms with E-state index in [4.69, 9.17) is 0 Å². The highest BCUT2D eigenvalue weighted by molar-refractivity contribution is 5.89. The molecular formula is C17H16N4O. The third-order valence-corrected chi connectivity index (χ3v) is 3.19. The Morgan fingerprint density at radius 3 is 2.45 bits per heavy atom. The maximum Gasteiger partial charge on any atom is 0.319 e. The van der Waals surface area contributed by atoms with Crippen LogP contribution >= 0.6 is 0 Å². The van der Waals surface area contributed by atoms with Gasteiger partial charge in [0.1, 0.15) is 0 Å². The summed E-state index contributed by atoms with van der Waals surface area (Å²) in [5, 5.41) is 9.78. The summed E-state index contributed by atoms with van der Waals surface area (Å²) in [7, 11) is 0. The highest BCUT2D eigenvalue weighted by Crippen LogP contribution is 2.12. The summed E-state index contributed by atoms with van der Waals surface area (Å²) in [6.45, 7) is 0.498. The summed E-state index contributed by atoms with van der Waals surface area (Å²) in [4.78, 5) is 11.9. The summed E-state index contributed by atoms with van der Waals surface area (Å²) >= 11 is 0. The number of urea groups is 1. The molecule has 5 nitrogen and oxygen atoms in total. The normalized spacial score (nSPS) is 10.2. The monoisotopic (exact) mass is 292 g/mol. The fraction of sp³-hybridized carbons (Fsp3) is 0.0588. The predicted molar refractivity (Wildman–Crippen MR) is 85.9 cm³/mol. The number of benzene rings is 2. The van der Waals surface area contributed by atoms with Gasteiger partial charge in [-0.15, -0.1) is 0 Å². The second-order valence-electron chi connectivity index (χ2n) is 4.79. The van der Waals surface area contributed by atoms with Crippen molar-refractivity contribution in [2.45, 2.75) is 6.54 Å². The van der Waals surface area contributed by atoms with Gasteiger partial charge in [0.25, 0.3) is 0 Å². The minimum Gasteiger partial charge on any atom is -0.334 e. The van der Waals surface area contributed by atoms with Gasteiger partial charge in [-0.1, -0.05) is 30.3 Å². The minimum absolute atomic E-state index is 0.226. The first kappa shape index (κ1) is 13.9. The van der Waals surface area contributed by atoms with E-state index in [1.807, 2.05) is 66.9 Å². The molecule has 0 fully saturated rings. The number of hydrogen-bond donors (Lipinski definition) is 2. The Morgan fingerprint density at radius 1 is 1.00 bits per heavy atom. The number of aromatic nitrogens is 2. The lowest BCUT2D eigenvalue weighted by Gasteiger charge is -2.08. The van der Waals surface area contributed by atoms with Gasteiger partial charge in [0.15, 0.2) is 0 Å². The molecule has 0 unspecified atom stereocenters. The zero-order chi connectivity index (χ0) is 15.2. The smallest absolute Gasteiger partial charge is 0.319 e. The molecule has 1 heterocycles. The van der Waals surface area contributed by atoms with E-state index in [2.05, 4.69) is 15.7 Å². The molecule has 0 saturated heterocycles. The highest BCUT2D eigenvalue weighted by atomic mass is 16.2. The van der Waals surface area contributed by atoms with Crippen molar-refractivity contribution in [3.63, 3.8) is 0 Å². The maximum absolute atomic E-state index is 11.9. The van der Waals surface area contributed by atoms with Gasteiger partial charge in [-0.25, -0.2) is 9.48 Å². The summed E-state index contributed by atoms with van der Waals surface area (Å²) in [6, 6.07) is 18.9. The Bertz CT molecular complexity index is 721. The van der Waals surface area contributed by atoms with Crippen LogP contribution in [0.5, 0.6) is 0 Å². The zero-order valence-corrected chi connectivity index (χ0v) is 11.9. The van der Waals surface area contributed by atoms with Crippen LogP contribution in [0.2, 0.25) is 0 Å². The van der Waals surface area contributed by atoms with Crippen LogP contribution in [0.15, 0.2) is 73.1 Å². The van der Waals surface area contributed by atoms with Gasteiger partial charge in [-0.05, 0) is 35.9 Å². The number of nitrogens with zero attached hydrogens (tertiary/aromatic N) is 2. The van der Waals surface area contributed by atoms with E-state index in [-0.39, 0.29) is 6.03 Å². The SMILES string of the molecule is O=C(NCc1ccccc1)Nc1ccc(-n2cccn2)cc1. The quantitative estimate of drug-likeness (QED) is 0.776. The minimum atomic E-state index is -0.226. The molecule has 2 N–H and O–H groups in total. The fourth-order valence-corrected chi connectivity index (χ4v) is 2.07. The van der Waals surface area contributed by atoms with E-state index >= 15 is 0 Å². The molecule has 3 rings (SSSR count). The van der Waals surface area contributed by atoms with Crippen molar-refractivity contribution >= 4 is 11.7 Å². The topological polar surface area (TPSA) is 59.0 Å². The highest BCUT2D eigenvalue weighted by Gasteiger charge is 2.02. The van der Waals surface area contributed by atoms with Crippen LogP contribution in [-0.2, 0) is 6.54 Å². The van der Waals surface area contributed by atoms with Gasteiger partial charge < -0.3 is 10.6 Å². The van der Waals surface area contributed by atoms with Crippen molar-refractivity contribution in [2.75, 3.05) is 5.32 Å². The molecule has 2 amide bonds. The van der Waals surface area contributed by atoms with Crippen molar-refractivity contribution in [1.82, 2.24) is 15.1 Å². The molecule has 0 aliphatic rings. The Morgan fingerprint density at radius 2 is 1.77 bits per heavy atom. The lowest BCUT2D eigenvalue weighted by Crippen LogP contribution is -2.28. The fourth-order valence-electron chi connectivity index (χ4n) is 2.07. The molecule has 0 spiro atoms. The first-order valence-electron chi connectivity index (χ1n) is 7.00. The predicted octanol–water partition coefficient (Wildman–Crippen LogP) is 3.19. The summed E-state index contributed by atoms with van der Waals surface area (Å²) in [5.74, 6) is 0. The molecule has 22 heavy (non-hydrogen) atoms. The van der Waals surface area contributed by atoms with Crippen LogP contribution in [-0.4, -0.2) is 15.8 Å². The third kappa shape index (κ3) is 3.52. The van der Waals surface area contributed by atoms with E-state index < -0.39 is 0 Å². The molecule has 0 atom stereocenters. The van der Waals surface area contributed by atoms with Gasteiger partial charge in [0, 0.05) is 24.6 Å². The number of carbonyl (C=O) groups excluding carboxylic acids is 1. The van der Waals surface area contributed by atoms with Crippen LogP contribution < -0.4 is 10.6 Å². The number of rotatable bonds is 4. The Hall–Kier alpha value is -3.08. The lowest BCUT2D eigenvalue weighted by molar-refractivity contribution is 0.251. The molecule has 5 heteroatoms. The van der Waals surface area contributed by atoms with Crippen molar-refractivity contribution in [3.8, 4) is 5.69 Å². The number of anilines is 1. The van der Waals surface area contributed by atoms with Gasteiger partial charge in [-0.2, -0.15) is 5.10 Å². The van der Waals surface area contributed by atoms with E-state index in [1.54, 1.807) is 10.9 Å². The average molecular weight is 292 g/mol. The molecule has 3 aromatic rings. The van der Waals surface area contributed by atoms with Crippen LogP contribution in [0.4, 0.5) is 10.5 Å². The van der Waals surface area contributed by atoms with E-state index in [0.29, 0.717) is 6.54 Å². The number of nitrogens with one attached hydrogen (secondary N) is 2. The number of carbonyl (C=O) groups is 1. The summed E-state index contributed by atoms with van der Waals surface area (Å²) in [6.07, 6.45) is 3.60. The molecule has 0 radical (unpaired) electrons. The molecule has 110 valence electrons. The van der Waals surface area contributed by atoms with Crippen LogP contribution in [0.3, 0.4) is 0 Å². The lowest BCUT2D eigenvalue weighted by atomic mass is 10.2. The second kappa shape index (κ2) is 6.58. The van der Waals surface area contributed by atoms with Crippen molar-refractivity contribution < 1.29 is 4.79 Å². The molecule has 0 aliphatic heterocycles. The van der Waals surface area contributed by atoms with Gasteiger partial charge in [0.2, 0.25) is 0 Å². The molecule has 0 saturated carbocycles. The third-order valence-electron chi connectivity index (χ3n) is 3.19. The van der Waals surface area contributed by atoms with Crippen molar-refractivity contribution in [2.24, 2.45) is 0 Å². The Kier molecular flexibility index (Phi) is 4.15. The first-order valence-corrected chi connectivity index (χ1v) is 7.00. The van der Waals surface area contributed by atoms with E-state index in [1.165, 1.54) is 0 Å². The van der Waals surface area contributed by atoms with Crippen LogP contribution in [0.1, 0.15) is 5.56 Å². The van der Waals surface area contributed by atoms with Gasteiger partial charge in [0.05, 0.1) is 5.69 Å². The maximum atomic E-state index is 11.9. The molecule has 2 aromatic carbocycles. The summed E-state index contributed by atoms with van der Waals surface area (Å²) < 4.78 is 1.76. The number of amides is 2. The zero-order valence-electron chi connectivity index (χ0n) is 11.9. The average Bonchev–Trinajstić information content (AvgIpc) is 3.09. The Labute approximate surface area is 128 Å². The van der Waals surface area contributed by atoms with Crippen molar-refractivity contribution in [1.29, 1.82) is 0 Å². The summed E-state index contributed by atoms with van der Waals surface area (Å²) in [5.41, 5.74) is 2.74. The van der Waals surface area contributed by atoms with Crippen molar-refractivity contribution in [3.05, 3.63) is 78.6 Å². The second-order valence-corrected chi connectivity index (χ2v) is 4.79. The number of hydrogen-bond acceptors (Lipinski definition) is 2. The van der Waals surface area contributed by atoms with Crippen LogP contribution in [0.25, 0.3) is 5.69 Å². The molecular weight excluding hydrogens is 276 g/mol. The molecule has 0 bridgehead atoms. The standard InChI is InChI=1S/C17H16N4O/c22-17(18-13-14-5-2-1-3-6-14)20-15-7-9-16(10-8-15)21-12-4-11-19-21/h1-12H,13H2,(H2,18,20,22). The van der Waals surface area contributed by atoms with Gasteiger partial charge >= 0.3 is 6.03 Å². The van der Waals surface area contributed by atoms with Crippen LogP contribution in [0, 0.1) is 0 Å². The van der Waals surface area contributed by atoms with E-state index in [9.17, 15) is 4.79 Å². The molecule has 0 aliphatic carbocycles. The molecule has 1 aromatic heterocycles.